The summed E-state index contributed by atoms with van der Waals surface area (Å²) in [7, 11) is -5.06. The number of hydrogen-bond donors (Lipinski definition) is 0. The monoisotopic (exact) mass is 281 g/mol. The highest BCUT2D eigenvalue weighted by molar-refractivity contribution is 7.81. The van der Waals surface area contributed by atoms with Crippen molar-refractivity contribution >= 4 is 16.3 Å². The minimum Gasteiger partial charge on any atom is -0.358 e. The quantitative estimate of drug-likeness (QED) is 0.632. The Bertz CT molecular complexity index is 683. The Morgan fingerprint density at radius 1 is 1.11 bits per heavy atom. The lowest BCUT2D eigenvalue weighted by Crippen LogP contribution is -2.04. The molecule has 0 fully saturated rings. The molecule has 0 amide bonds. The summed E-state index contributed by atoms with van der Waals surface area (Å²) in [4.78, 5) is 15.8. The average molecular weight is 281 g/mol. The molecule has 0 aliphatic rings. The van der Waals surface area contributed by atoms with Crippen LogP contribution < -0.4 is 4.18 Å². The van der Waals surface area contributed by atoms with Gasteiger partial charge in [0, 0.05) is 11.8 Å². The fourth-order valence-electron chi connectivity index (χ4n) is 1.42. The van der Waals surface area contributed by atoms with Gasteiger partial charge in [-0.15, -0.1) is 0 Å². The summed E-state index contributed by atoms with van der Waals surface area (Å²) in [6.45, 7) is 0. The van der Waals surface area contributed by atoms with Gasteiger partial charge in [0.25, 0.3) is 0 Å². The smallest absolute Gasteiger partial charge is 0.358 e. The Kier molecular flexibility index (Phi) is 3.57. The molecular formula is C12H8FNO4S. The molecule has 0 radical (unpaired) electrons. The SMILES string of the molecule is O=C(c1ccc(OS(=O)(=O)F)cc1)c1ccccn1. The van der Waals surface area contributed by atoms with Crippen LogP contribution in [-0.2, 0) is 10.5 Å². The standard InChI is InChI=1S/C12H8FNO4S/c13-19(16,17)18-10-6-4-9(5-7-10)12(15)11-3-1-2-8-14-11/h1-8H. The Hall–Kier alpha value is -2.28. The van der Waals surface area contributed by atoms with Crippen LogP contribution in [0.1, 0.15) is 16.1 Å². The maximum atomic E-state index is 12.3. The van der Waals surface area contributed by atoms with E-state index in [0.717, 1.165) is 0 Å². The summed E-state index contributed by atoms with van der Waals surface area (Å²) >= 11 is 0. The van der Waals surface area contributed by atoms with Gasteiger partial charge in [0.1, 0.15) is 11.4 Å². The molecular weight excluding hydrogens is 273 g/mol. The van der Waals surface area contributed by atoms with Gasteiger partial charge in [-0.05, 0) is 36.4 Å². The molecule has 0 N–H and O–H groups in total. The van der Waals surface area contributed by atoms with Gasteiger partial charge in [0.05, 0.1) is 0 Å². The first kappa shape index (κ1) is 13.2. The summed E-state index contributed by atoms with van der Waals surface area (Å²) in [5.74, 6) is -0.532. The number of carbonyl (C=O) groups is 1. The molecule has 0 aliphatic carbocycles. The number of benzene rings is 1. The van der Waals surface area contributed by atoms with Crippen LogP contribution >= 0.6 is 0 Å². The van der Waals surface area contributed by atoms with Crippen LogP contribution in [0.15, 0.2) is 48.7 Å². The van der Waals surface area contributed by atoms with Crippen LogP contribution in [-0.4, -0.2) is 19.2 Å². The van der Waals surface area contributed by atoms with E-state index in [9.17, 15) is 17.1 Å². The molecule has 1 aromatic carbocycles. The summed E-state index contributed by atoms with van der Waals surface area (Å²) in [5, 5.41) is 0. The third kappa shape index (κ3) is 3.59. The van der Waals surface area contributed by atoms with Crippen molar-refractivity contribution in [1.82, 2.24) is 4.98 Å². The van der Waals surface area contributed by atoms with Crippen LogP contribution in [0.3, 0.4) is 0 Å². The van der Waals surface area contributed by atoms with Crippen LogP contribution in [0, 0.1) is 0 Å². The van der Waals surface area contributed by atoms with Crippen molar-refractivity contribution in [1.29, 1.82) is 0 Å². The molecule has 1 aromatic heterocycles. The normalized spacial score (nSPS) is 11.0. The Labute approximate surface area is 109 Å². The molecule has 98 valence electrons. The van der Waals surface area contributed by atoms with Crippen molar-refractivity contribution < 1.29 is 21.3 Å². The molecule has 5 nitrogen and oxygen atoms in total. The fraction of sp³-hybridized carbons (Fsp3) is 0. The Balaban J connectivity index is 2.22. The van der Waals surface area contributed by atoms with E-state index in [-0.39, 0.29) is 17.2 Å². The maximum absolute atomic E-state index is 12.3. The molecule has 2 aromatic rings. The second-order valence-electron chi connectivity index (χ2n) is 3.54. The van der Waals surface area contributed by atoms with Gasteiger partial charge in [-0.2, -0.15) is 8.42 Å². The molecule has 1 heterocycles. The van der Waals surface area contributed by atoms with E-state index in [2.05, 4.69) is 9.17 Å². The van der Waals surface area contributed by atoms with E-state index < -0.39 is 10.5 Å². The highest BCUT2D eigenvalue weighted by atomic mass is 32.3. The lowest BCUT2D eigenvalue weighted by molar-refractivity contribution is 0.103. The zero-order valence-corrected chi connectivity index (χ0v) is 10.3. The first-order chi connectivity index (χ1) is 8.96. The van der Waals surface area contributed by atoms with Crippen molar-refractivity contribution in [3.05, 3.63) is 59.9 Å². The number of halogens is 1. The lowest BCUT2D eigenvalue weighted by atomic mass is 10.1. The number of carbonyl (C=O) groups excluding carboxylic acids is 1. The molecule has 0 saturated heterocycles. The van der Waals surface area contributed by atoms with Gasteiger partial charge in [-0.25, -0.2) is 0 Å². The first-order valence-corrected chi connectivity index (χ1v) is 6.46. The molecule has 0 aliphatic heterocycles. The minimum absolute atomic E-state index is 0.208. The van der Waals surface area contributed by atoms with Gasteiger partial charge in [-0.1, -0.05) is 9.95 Å². The predicted molar refractivity (Wildman–Crippen MR) is 64.8 cm³/mol. The van der Waals surface area contributed by atoms with Crippen LogP contribution in [0.25, 0.3) is 0 Å². The molecule has 7 heteroatoms. The zero-order chi connectivity index (χ0) is 13.9. The largest absolute Gasteiger partial charge is 0.488 e. The number of hydrogen-bond acceptors (Lipinski definition) is 5. The summed E-state index contributed by atoms with van der Waals surface area (Å²) < 4.78 is 36.8. The number of aromatic nitrogens is 1. The number of nitrogens with zero attached hydrogens (tertiary/aromatic N) is 1. The fourth-order valence-corrected chi connectivity index (χ4v) is 1.76. The molecule has 0 spiro atoms. The van der Waals surface area contributed by atoms with Crippen molar-refractivity contribution in [2.75, 3.05) is 0 Å². The van der Waals surface area contributed by atoms with Gasteiger partial charge in [0.2, 0.25) is 5.78 Å². The zero-order valence-electron chi connectivity index (χ0n) is 9.49. The predicted octanol–water partition coefficient (Wildman–Crippen LogP) is 1.91. The van der Waals surface area contributed by atoms with Crippen LogP contribution in [0.4, 0.5) is 3.89 Å². The van der Waals surface area contributed by atoms with E-state index in [1.165, 1.54) is 30.5 Å². The second-order valence-corrected chi connectivity index (χ2v) is 4.50. The molecule has 0 atom stereocenters. The van der Waals surface area contributed by atoms with E-state index in [1.807, 2.05) is 0 Å². The van der Waals surface area contributed by atoms with Crippen LogP contribution in [0.2, 0.25) is 0 Å². The lowest BCUT2D eigenvalue weighted by Gasteiger charge is -2.02. The minimum atomic E-state index is -5.06. The molecule has 0 saturated carbocycles. The summed E-state index contributed by atoms with van der Waals surface area (Å²) in [6, 6.07) is 9.95. The van der Waals surface area contributed by atoms with E-state index >= 15 is 0 Å². The topological polar surface area (TPSA) is 73.3 Å². The van der Waals surface area contributed by atoms with E-state index in [0.29, 0.717) is 5.56 Å². The van der Waals surface area contributed by atoms with Crippen molar-refractivity contribution in [2.45, 2.75) is 0 Å². The highest BCUT2D eigenvalue weighted by Crippen LogP contribution is 2.16. The average Bonchev–Trinajstić information content (AvgIpc) is 2.38. The van der Waals surface area contributed by atoms with Crippen molar-refractivity contribution in [3.63, 3.8) is 0 Å². The Morgan fingerprint density at radius 2 is 1.79 bits per heavy atom. The van der Waals surface area contributed by atoms with Gasteiger partial charge in [-0.3, -0.25) is 9.78 Å². The first-order valence-electron chi connectivity index (χ1n) is 5.15. The molecule has 0 bridgehead atoms. The third-order valence-electron chi connectivity index (χ3n) is 2.21. The maximum Gasteiger partial charge on any atom is 0.488 e. The van der Waals surface area contributed by atoms with E-state index in [4.69, 9.17) is 0 Å². The van der Waals surface area contributed by atoms with Gasteiger partial charge in [0.15, 0.2) is 0 Å². The number of ketones is 1. The molecule has 19 heavy (non-hydrogen) atoms. The van der Waals surface area contributed by atoms with Crippen LogP contribution in [0.5, 0.6) is 5.75 Å². The van der Waals surface area contributed by atoms with E-state index in [1.54, 1.807) is 18.2 Å². The molecule has 0 unspecified atom stereocenters. The number of rotatable bonds is 4. The van der Waals surface area contributed by atoms with Gasteiger partial charge >= 0.3 is 10.5 Å². The Morgan fingerprint density at radius 3 is 2.32 bits per heavy atom. The van der Waals surface area contributed by atoms with Crippen molar-refractivity contribution in [3.8, 4) is 5.75 Å². The highest BCUT2D eigenvalue weighted by Gasteiger charge is 2.12. The molecule has 2 rings (SSSR count). The summed E-state index contributed by atoms with van der Waals surface area (Å²) in [6.07, 6.45) is 1.49. The summed E-state index contributed by atoms with van der Waals surface area (Å²) in [5.41, 5.74) is 0.552. The third-order valence-corrected chi connectivity index (χ3v) is 2.60. The number of pyridine rings is 1. The van der Waals surface area contributed by atoms with Crippen molar-refractivity contribution in [2.24, 2.45) is 0 Å². The second kappa shape index (κ2) is 5.15. The van der Waals surface area contributed by atoms with Gasteiger partial charge < -0.3 is 4.18 Å².